The average Bonchev–Trinajstić information content (AvgIpc) is 3.10. The average molecular weight is 399 g/mol. The third-order valence-electron chi connectivity index (χ3n) is 4.93. The van der Waals surface area contributed by atoms with Gasteiger partial charge in [0, 0.05) is 48.1 Å². The molecule has 4 rings (SSSR count). The third kappa shape index (κ3) is 3.88. The van der Waals surface area contributed by atoms with Crippen molar-refractivity contribution in [3.63, 3.8) is 0 Å². The molecule has 1 aliphatic rings. The molecule has 0 bridgehead atoms. The van der Waals surface area contributed by atoms with Crippen molar-refractivity contribution < 1.29 is 4.52 Å². The topological polar surface area (TPSA) is 75.0 Å². The number of aromatic nitrogens is 3. The van der Waals surface area contributed by atoms with Gasteiger partial charge in [-0.3, -0.25) is 9.69 Å². The standard InChI is InChI=1S/C21H23ClN4O2/c1-21(2,3)20-23-17-8-9-26(12-16(17)19(27)24-20)11-15-10-18(28-25-15)13-4-6-14(22)7-5-13/h4-7,10H,8-9,11-12H2,1-3H3,(H,23,24,27). The van der Waals surface area contributed by atoms with Gasteiger partial charge in [-0.05, 0) is 24.3 Å². The summed E-state index contributed by atoms with van der Waals surface area (Å²) in [7, 11) is 0. The van der Waals surface area contributed by atoms with Gasteiger partial charge in [0.1, 0.15) is 5.82 Å². The fourth-order valence-electron chi connectivity index (χ4n) is 3.34. The highest BCUT2D eigenvalue weighted by molar-refractivity contribution is 6.30. The van der Waals surface area contributed by atoms with Gasteiger partial charge in [-0.15, -0.1) is 0 Å². The highest BCUT2D eigenvalue weighted by Crippen LogP contribution is 2.24. The van der Waals surface area contributed by atoms with Crippen molar-refractivity contribution in [1.82, 2.24) is 20.0 Å². The molecule has 3 heterocycles. The highest BCUT2D eigenvalue weighted by Gasteiger charge is 2.25. The molecule has 0 amide bonds. The monoisotopic (exact) mass is 398 g/mol. The number of rotatable bonds is 3. The van der Waals surface area contributed by atoms with E-state index in [0.717, 1.165) is 41.3 Å². The lowest BCUT2D eigenvalue weighted by atomic mass is 9.95. The maximum absolute atomic E-state index is 12.6. The number of fused-ring (bicyclic) bond motifs is 1. The summed E-state index contributed by atoms with van der Waals surface area (Å²) < 4.78 is 5.48. The molecule has 28 heavy (non-hydrogen) atoms. The van der Waals surface area contributed by atoms with Crippen LogP contribution in [0.3, 0.4) is 0 Å². The smallest absolute Gasteiger partial charge is 0.255 e. The molecular formula is C21H23ClN4O2. The van der Waals surface area contributed by atoms with Gasteiger partial charge in [-0.2, -0.15) is 0 Å². The number of nitrogens with one attached hydrogen (secondary N) is 1. The van der Waals surface area contributed by atoms with Crippen LogP contribution in [-0.2, 0) is 24.9 Å². The van der Waals surface area contributed by atoms with Gasteiger partial charge in [0.2, 0.25) is 0 Å². The lowest BCUT2D eigenvalue weighted by Crippen LogP contribution is -2.37. The maximum atomic E-state index is 12.6. The minimum absolute atomic E-state index is 0.0402. The Kier molecular flexibility index (Phi) is 4.85. The third-order valence-corrected chi connectivity index (χ3v) is 5.18. The molecule has 3 aromatic rings. The lowest BCUT2D eigenvalue weighted by Gasteiger charge is -2.28. The zero-order valence-electron chi connectivity index (χ0n) is 16.3. The Hall–Kier alpha value is -2.44. The Morgan fingerprint density at radius 1 is 1.25 bits per heavy atom. The first kappa shape index (κ1) is 18.9. The number of nitrogens with zero attached hydrogens (tertiary/aromatic N) is 3. The second kappa shape index (κ2) is 7.18. The number of hydrogen-bond acceptors (Lipinski definition) is 5. The predicted molar refractivity (Wildman–Crippen MR) is 108 cm³/mol. The number of benzene rings is 1. The van der Waals surface area contributed by atoms with Gasteiger partial charge < -0.3 is 9.51 Å². The van der Waals surface area contributed by atoms with Gasteiger partial charge in [-0.1, -0.05) is 37.5 Å². The normalized spacial score (nSPS) is 14.9. The van der Waals surface area contributed by atoms with E-state index in [4.69, 9.17) is 21.1 Å². The van der Waals surface area contributed by atoms with E-state index in [1.54, 1.807) is 0 Å². The van der Waals surface area contributed by atoms with Crippen LogP contribution in [0, 0.1) is 0 Å². The van der Waals surface area contributed by atoms with Crippen molar-refractivity contribution in [1.29, 1.82) is 0 Å². The van der Waals surface area contributed by atoms with Gasteiger partial charge in [0.25, 0.3) is 5.56 Å². The SMILES string of the molecule is CC(C)(C)c1nc2c(c(=O)[nH]1)CN(Cc1cc(-c3ccc(Cl)cc3)on1)CC2. The first-order chi connectivity index (χ1) is 13.3. The van der Waals surface area contributed by atoms with Crippen LogP contribution < -0.4 is 5.56 Å². The van der Waals surface area contributed by atoms with E-state index in [2.05, 4.69) is 35.8 Å². The molecule has 2 aromatic heterocycles. The van der Waals surface area contributed by atoms with Crippen LogP contribution in [0.5, 0.6) is 0 Å². The molecule has 0 saturated heterocycles. The Bertz CT molecular complexity index is 1050. The quantitative estimate of drug-likeness (QED) is 0.723. The van der Waals surface area contributed by atoms with Gasteiger partial charge in [0.15, 0.2) is 5.76 Å². The first-order valence-electron chi connectivity index (χ1n) is 9.36. The molecule has 6 nitrogen and oxygen atoms in total. The fraction of sp³-hybridized carbons (Fsp3) is 0.381. The molecular weight excluding hydrogens is 376 g/mol. The first-order valence-corrected chi connectivity index (χ1v) is 9.74. The summed E-state index contributed by atoms with van der Waals surface area (Å²) in [4.78, 5) is 22.4. The maximum Gasteiger partial charge on any atom is 0.255 e. The number of hydrogen-bond donors (Lipinski definition) is 1. The summed E-state index contributed by atoms with van der Waals surface area (Å²) in [6, 6.07) is 9.39. The zero-order chi connectivity index (χ0) is 19.9. The van der Waals surface area contributed by atoms with Crippen LogP contribution in [0.4, 0.5) is 0 Å². The summed E-state index contributed by atoms with van der Waals surface area (Å²) >= 11 is 5.94. The second-order valence-corrected chi connectivity index (χ2v) is 8.68. The molecule has 7 heteroatoms. The van der Waals surface area contributed by atoms with Crippen LogP contribution in [-0.4, -0.2) is 26.6 Å². The molecule has 146 valence electrons. The highest BCUT2D eigenvalue weighted by atomic mass is 35.5. The number of halogens is 1. The van der Waals surface area contributed by atoms with Crippen LogP contribution >= 0.6 is 11.6 Å². The van der Waals surface area contributed by atoms with Crippen LogP contribution in [0.25, 0.3) is 11.3 Å². The lowest BCUT2D eigenvalue weighted by molar-refractivity contribution is 0.233. The molecule has 0 spiro atoms. The Morgan fingerprint density at radius 3 is 2.71 bits per heavy atom. The fourth-order valence-corrected chi connectivity index (χ4v) is 3.46. The molecule has 0 aliphatic carbocycles. The van der Waals surface area contributed by atoms with Crippen molar-refractivity contribution in [3.8, 4) is 11.3 Å². The Balaban J connectivity index is 1.50. The van der Waals surface area contributed by atoms with Crippen LogP contribution in [0.15, 0.2) is 39.6 Å². The van der Waals surface area contributed by atoms with Crippen molar-refractivity contribution in [2.75, 3.05) is 6.54 Å². The van der Waals surface area contributed by atoms with Gasteiger partial charge in [-0.25, -0.2) is 4.98 Å². The minimum atomic E-state index is -0.176. The van der Waals surface area contributed by atoms with Gasteiger partial charge in [0.05, 0.1) is 17.0 Å². The predicted octanol–water partition coefficient (Wildman–Crippen LogP) is 3.93. The summed E-state index contributed by atoms with van der Waals surface area (Å²) in [5, 5.41) is 4.87. The van der Waals surface area contributed by atoms with Crippen LogP contribution in [0.1, 0.15) is 43.5 Å². The summed E-state index contributed by atoms with van der Waals surface area (Å²) in [5.74, 6) is 1.45. The van der Waals surface area contributed by atoms with Crippen molar-refractivity contribution in [2.24, 2.45) is 0 Å². The van der Waals surface area contributed by atoms with Crippen molar-refractivity contribution >= 4 is 11.6 Å². The minimum Gasteiger partial charge on any atom is -0.356 e. The number of H-pyrrole nitrogens is 1. The largest absolute Gasteiger partial charge is 0.356 e. The van der Waals surface area contributed by atoms with E-state index in [1.165, 1.54) is 0 Å². The molecule has 1 aromatic carbocycles. The van der Waals surface area contributed by atoms with E-state index < -0.39 is 0 Å². The molecule has 0 radical (unpaired) electrons. The van der Waals surface area contributed by atoms with E-state index >= 15 is 0 Å². The summed E-state index contributed by atoms with van der Waals surface area (Å²) in [6.07, 6.45) is 0.754. The van der Waals surface area contributed by atoms with Crippen LogP contribution in [0.2, 0.25) is 5.02 Å². The molecule has 1 aliphatic heterocycles. The van der Waals surface area contributed by atoms with E-state index in [1.807, 2.05) is 30.3 Å². The van der Waals surface area contributed by atoms with Crippen molar-refractivity contribution in [2.45, 2.75) is 45.7 Å². The van der Waals surface area contributed by atoms with Crippen molar-refractivity contribution in [3.05, 3.63) is 68.5 Å². The molecule has 0 fully saturated rings. The molecule has 1 N–H and O–H groups in total. The van der Waals surface area contributed by atoms with E-state index in [0.29, 0.717) is 23.9 Å². The van der Waals surface area contributed by atoms with E-state index in [-0.39, 0.29) is 11.0 Å². The zero-order valence-corrected chi connectivity index (χ0v) is 17.0. The summed E-state index contributed by atoms with van der Waals surface area (Å²) in [6.45, 7) is 8.17. The Morgan fingerprint density at radius 2 is 2.00 bits per heavy atom. The Labute approximate surface area is 168 Å². The van der Waals surface area contributed by atoms with E-state index in [9.17, 15) is 4.79 Å². The van der Waals surface area contributed by atoms with Gasteiger partial charge >= 0.3 is 0 Å². The second-order valence-electron chi connectivity index (χ2n) is 8.24. The number of aromatic amines is 1. The summed E-state index contributed by atoms with van der Waals surface area (Å²) in [5.41, 5.74) is 3.21. The molecule has 0 saturated carbocycles. The molecule has 0 unspecified atom stereocenters. The molecule has 0 atom stereocenters.